The molecule has 4 nitrogen and oxygen atoms in total. The van der Waals surface area contributed by atoms with E-state index < -0.39 is 0 Å². The third-order valence-electron chi connectivity index (χ3n) is 3.84. The number of piperidine rings is 1. The molecule has 1 heterocycles. The molecule has 0 unspecified atom stereocenters. The first-order valence-corrected chi connectivity index (χ1v) is 7.02. The molecular weight excluding hydrogens is 252 g/mol. The van der Waals surface area contributed by atoms with E-state index in [4.69, 9.17) is 10.00 Å². The predicted molar refractivity (Wildman–Crippen MR) is 76.5 cm³/mol. The molecule has 20 heavy (non-hydrogen) atoms. The summed E-state index contributed by atoms with van der Waals surface area (Å²) >= 11 is 0. The molecule has 0 N–H and O–H groups in total. The van der Waals surface area contributed by atoms with Gasteiger partial charge in [0.1, 0.15) is 5.75 Å². The molecule has 0 aliphatic carbocycles. The Hall–Kier alpha value is -2.02. The molecule has 1 aromatic carbocycles. The average molecular weight is 272 g/mol. The van der Waals surface area contributed by atoms with Crippen LogP contribution in [-0.2, 0) is 0 Å². The molecule has 1 aliphatic rings. The fourth-order valence-electron chi connectivity index (χ4n) is 2.41. The molecule has 0 atom stereocenters. The van der Waals surface area contributed by atoms with Gasteiger partial charge in [0, 0.05) is 13.1 Å². The Kier molecular flexibility index (Phi) is 4.29. The van der Waals surface area contributed by atoms with Gasteiger partial charge in [-0.05, 0) is 38.8 Å². The second-order valence-electron chi connectivity index (χ2n) is 5.39. The second kappa shape index (κ2) is 5.96. The van der Waals surface area contributed by atoms with E-state index in [1.807, 2.05) is 36.9 Å². The molecule has 0 aromatic heterocycles. The van der Waals surface area contributed by atoms with Crippen LogP contribution in [0, 0.1) is 16.7 Å². The minimum atomic E-state index is -0.295. The van der Waals surface area contributed by atoms with Crippen LogP contribution < -0.4 is 4.74 Å². The molecule has 106 valence electrons. The Morgan fingerprint density at radius 3 is 2.65 bits per heavy atom. The first-order chi connectivity index (χ1) is 9.59. The van der Waals surface area contributed by atoms with Crippen LogP contribution in [0.4, 0.5) is 0 Å². The summed E-state index contributed by atoms with van der Waals surface area (Å²) < 4.78 is 5.51. The number of ether oxygens (including phenoxy) is 1. The van der Waals surface area contributed by atoms with Crippen molar-refractivity contribution in [3.63, 3.8) is 0 Å². The maximum absolute atomic E-state index is 12.6. The van der Waals surface area contributed by atoms with Gasteiger partial charge in [0.25, 0.3) is 5.91 Å². The normalized spacial score (nSPS) is 17.4. The van der Waals surface area contributed by atoms with Crippen LogP contribution in [0.2, 0.25) is 0 Å². The van der Waals surface area contributed by atoms with Crippen molar-refractivity contribution in [3.8, 4) is 11.8 Å². The zero-order chi connectivity index (χ0) is 14.6. The number of nitriles is 1. The number of nitrogens with zero attached hydrogens (tertiary/aromatic N) is 2. The number of benzene rings is 1. The van der Waals surface area contributed by atoms with Gasteiger partial charge in [-0.1, -0.05) is 12.1 Å². The monoisotopic (exact) mass is 272 g/mol. The van der Waals surface area contributed by atoms with Crippen LogP contribution in [0.1, 0.15) is 37.0 Å². The highest BCUT2D eigenvalue weighted by Gasteiger charge is 2.32. The third kappa shape index (κ3) is 2.93. The lowest BCUT2D eigenvalue weighted by molar-refractivity contribution is 0.0657. The molecule has 1 aromatic rings. The molecule has 1 amide bonds. The van der Waals surface area contributed by atoms with Gasteiger partial charge in [-0.2, -0.15) is 5.26 Å². The van der Waals surface area contributed by atoms with Crippen molar-refractivity contribution < 1.29 is 9.53 Å². The maximum Gasteiger partial charge on any atom is 0.257 e. The van der Waals surface area contributed by atoms with Crippen LogP contribution in [0.25, 0.3) is 0 Å². The molecule has 1 fully saturated rings. The minimum absolute atomic E-state index is 0.00552. The molecule has 0 bridgehead atoms. The number of amides is 1. The number of carbonyl (C=O) groups excluding carboxylic acids is 1. The predicted octanol–water partition coefficient (Wildman–Crippen LogP) is 2.85. The number of hydrogen-bond acceptors (Lipinski definition) is 3. The van der Waals surface area contributed by atoms with Crippen LogP contribution in [0.15, 0.2) is 24.3 Å². The zero-order valence-corrected chi connectivity index (χ0v) is 12.1. The van der Waals surface area contributed by atoms with Crippen molar-refractivity contribution in [1.82, 2.24) is 4.90 Å². The summed E-state index contributed by atoms with van der Waals surface area (Å²) in [5.41, 5.74) is 0.311. The lowest BCUT2D eigenvalue weighted by Crippen LogP contribution is -2.41. The number of hydrogen-bond donors (Lipinski definition) is 0. The van der Waals surface area contributed by atoms with Gasteiger partial charge >= 0.3 is 0 Å². The Bertz CT molecular complexity index is 526. The van der Waals surface area contributed by atoms with Crippen molar-refractivity contribution in [2.75, 3.05) is 19.7 Å². The number of likely N-dealkylation sites (tertiary alicyclic amines) is 1. The number of rotatable bonds is 3. The number of carbonyl (C=O) groups is 1. The van der Waals surface area contributed by atoms with Crippen molar-refractivity contribution >= 4 is 5.91 Å². The topological polar surface area (TPSA) is 53.3 Å². The maximum atomic E-state index is 12.6. The quantitative estimate of drug-likeness (QED) is 0.850. The van der Waals surface area contributed by atoms with E-state index in [-0.39, 0.29) is 11.3 Å². The van der Waals surface area contributed by atoms with Crippen LogP contribution in [0.5, 0.6) is 5.75 Å². The van der Waals surface area contributed by atoms with Gasteiger partial charge in [0.05, 0.1) is 23.7 Å². The first kappa shape index (κ1) is 14.4. The van der Waals surface area contributed by atoms with Gasteiger partial charge < -0.3 is 9.64 Å². The van der Waals surface area contributed by atoms with E-state index >= 15 is 0 Å². The summed E-state index contributed by atoms with van der Waals surface area (Å²) in [5.74, 6) is 0.627. The third-order valence-corrected chi connectivity index (χ3v) is 3.84. The van der Waals surface area contributed by atoms with E-state index in [1.165, 1.54) is 0 Å². The standard InChI is InChI=1S/C16H20N2O2/c1-3-20-14-7-5-4-6-13(14)15(19)18-10-8-16(2,12-17)9-11-18/h4-7H,3,8-11H2,1-2H3. The summed E-state index contributed by atoms with van der Waals surface area (Å²) in [6.45, 7) is 5.66. The van der Waals surface area contributed by atoms with E-state index in [9.17, 15) is 4.79 Å². The highest BCUT2D eigenvalue weighted by molar-refractivity contribution is 5.97. The van der Waals surface area contributed by atoms with E-state index in [1.54, 1.807) is 6.07 Å². The molecule has 1 aliphatic heterocycles. The average Bonchev–Trinajstić information content (AvgIpc) is 2.48. The van der Waals surface area contributed by atoms with Gasteiger partial charge in [-0.3, -0.25) is 4.79 Å². The highest BCUT2D eigenvalue weighted by atomic mass is 16.5. The fourth-order valence-corrected chi connectivity index (χ4v) is 2.41. The molecule has 0 spiro atoms. The van der Waals surface area contributed by atoms with Crippen LogP contribution >= 0.6 is 0 Å². The molecule has 0 saturated carbocycles. The summed E-state index contributed by atoms with van der Waals surface area (Å²) in [6.07, 6.45) is 1.46. The van der Waals surface area contributed by atoms with Gasteiger partial charge in [0.2, 0.25) is 0 Å². The van der Waals surface area contributed by atoms with Gasteiger partial charge in [-0.15, -0.1) is 0 Å². The Balaban J connectivity index is 2.12. The van der Waals surface area contributed by atoms with E-state index in [0.717, 1.165) is 12.8 Å². The molecule has 2 rings (SSSR count). The van der Waals surface area contributed by atoms with Crippen LogP contribution in [0.3, 0.4) is 0 Å². The Morgan fingerprint density at radius 2 is 2.05 bits per heavy atom. The van der Waals surface area contributed by atoms with Crippen molar-refractivity contribution in [3.05, 3.63) is 29.8 Å². The minimum Gasteiger partial charge on any atom is -0.493 e. The zero-order valence-electron chi connectivity index (χ0n) is 12.1. The fraction of sp³-hybridized carbons (Fsp3) is 0.500. The number of para-hydroxylation sites is 1. The van der Waals surface area contributed by atoms with Crippen molar-refractivity contribution in [2.24, 2.45) is 5.41 Å². The van der Waals surface area contributed by atoms with Crippen molar-refractivity contribution in [1.29, 1.82) is 5.26 Å². The summed E-state index contributed by atoms with van der Waals surface area (Å²) in [5, 5.41) is 9.13. The van der Waals surface area contributed by atoms with Gasteiger partial charge in [0.15, 0.2) is 0 Å². The molecule has 0 radical (unpaired) electrons. The highest BCUT2D eigenvalue weighted by Crippen LogP contribution is 2.31. The molecular formula is C16H20N2O2. The van der Waals surface area contributed by atoms with E-state index in [2.05, 4.69) is 6.07 Å². The van der Waals surface area contributed by atoms with Crippen LogP contribution in [-0.4, -0.2) is 30.5 Å². The summed E-state index contributed by atoms with van der Waals surface area (Å²) in [7, 11) is 0. The molecule has 4 heteroatoms. The molecule has 1 saturated heterocycles. The largest absolute Gasteiger partial charge is 0.493 e. The lowest BCUT2D eigenvalue weighted by Gasteiger charge is -2.35. The SMILES string of the molecule is CCOc1ccccc1C(=O)N1CCC(C)(C#N)CC1. The Labute approximate surface area is 120 Å². The van der Waals surface area contributed by atoms with Gasteiger partial charge in [-0.25, -0.2) is 0 Å². The van der Waals surface area contributed by atoms with Crippen molar-refractivity contribution in [2.45, 2.75) is 26.7 Å². The smallest absolute Gasteiger partial charge is 0.257 e. The summed E-state index contributed by atoms with van der Waals surface area (Å²) in [6, 6.07) is 9.68. The lowest BCUT2D eigenvalue weighted by atomic mass is 9.82. The first-order valence-electron chi connectivity index (χ1n) is 7.02. The Morgan fingerprint density at radius 1 is 1.40 bits per heavy atom. The van der Waals surface area contributed by atoms with E-state index in [0.29, 0.717) is 31.0 Å². The second-order valence-corrected chi connectivity index (χ2v) is 5.39. The summed E-state index contributed by atoms with van der Waals surface area (Å²) in [4.78, 5) is 14.4.